The zero-order valence-corrected chi connectivity index (χ0v) is 8.34. The molecular formula is C11H11N3O. The van der Waals surface area contributed by atoms with E-state index in [-0.39, 0.29) is 11.2 Å². The largest absolute Gasteiger partial charge is 0.393 e. The molecule has 0 radical (unpaired) electrons. The highest BCUT2D eigenvalue weighted by Crippen LogP contribution is 2.09. The van der Waals surface area contributed by atoms with Gasteiger partial charge in [0.25, 0.3) is 5.56 Å². The summed E-state index contributed by atoms with van der Waals surface area (Å²) in [6.07, 6.45) is 3.04. The molecule has 0 unspecified atom stereocenters. The quantitative estimate of drug-likeness (QED) is 0.752. The highest BCUT2D eigenvalue weighted by atomic mass is 16.1. The predicted octanol–water partition coefficient (Wildman–Crippen LogP) is 1.12. The van der Waals surface area contributed by atoms with Crippen molar-refractivity contribution in [1.29, 1.82) is 0 Å². The molecule has 0 aliphatic rings. The van der Waals surface area contributed by atoms with Crippen LogP contribution in [0.4, 0.5) is 5.69 Å². The number of nitrogens with zero attached hydrogens (tertiary/aromatic N) is 2. The molecule has 0 fully saturated rings. The standard InChI is InChI=1S/C11H11N3O/c1-8-3-2-4-9(5-8)14-6-10(12)11(15)13-7-14/h2-7H,12H2,1H3. The van der Waals surface area contributed by atoms with Gasteiger partial charge in [0.2, 0.25) is 0 Å². The molecule has 4 nitrogen and oxygen atoms in total. The van der Waals surface area contributed by atoms with E-state index in [9.17, 15) is 4.79 Å². The molecule has 2 N–H and O–H groups in total. The molecule has 0 atom stereocenters. The third-order valence-electron chi connectivity index (χ3n) is 2.12. The van der Waals surface area contributed by atoms with E-state index in [2.05, 4.69) is 4.98 Å². The summed E-state index contributed by atoms with van der Waals surface area (Å²) in [5.74, 6) is 0. The van der Waals surface area contributed by atoms with Crippen molar-refractivity contribution in [2.75, 3.05) is 5.73 Å². The summed E-state index contributed by atoms with van der Waals surface area (Å²) < 4.78 is 1.73. The van der Waals surface area contributed by atoms with Crippen LogP contribution in [-0.2, 0) is 0 Å². The van der Waals surface area contributed by atoms with Crippen molar-refractivity contribution in [2.45, 2.75) is 6.92 Å². The molecule has 0 amide bonds. The third kappa shape index (κ3) is 1.88. The van der Waals surface area contributed by atoms with E-state index in [1.54, 1.807) is 10.8 Å². The maximum atomic E-state index is 11.0. The summed E-state index contributed by atoms with van der Waals surface area (Å²) in [6.45, 7) is 2.00. The van der Waals surface area contributed by atoms with Gasteiger partial charge in [-0.25, -0.2) is 0 Å². The Hall–Kier alpha value is -2.10. The molecule has 1 heterocycles. The maximum absolute atomic E-state index is 11.0. The maximum Gasteiger partial charge on any atom is 0.295 e. The molecule has 2 aromatic rings. The smallest absolute Gasteiger partial charge is 0.295 e. The van der Waals surface area contributed by atoms with Crippen LogP contribution >= 0.6 is 0 Å². The fourth-order valence-electron chi connectivity index (χ4n) is 1.36. The van der Waals surface area contributed by atoms with Crippen LogP contribution in [0.25, 0.3) is 5.69 Å². The Balaban J connectivity index is 2.55. The first kappa shape index (κ1) is 9.45. The monoisotopic (exact) mass is 201 g/mol. The average Bonchev–Trinajstić information content (AvgIpc) is 2.22. The molecule has 2 rings (SSSR count). The summed E-state index contributed by atoms with van der Waals surface area (Å²) in [5.41, 5.74) is 7.34. The fourth-order valence-corrected chi connectivity index (χ4v) is 1.36. The molecule has 0 aliphatic heterocycles. The van der Waals surface area contributed by atoms with Crippen molar-refractivity contribution in [3.63, 3.8) is 0 Å². The minimum absolute atomic E-state index is 0.152. The van der Waals surface area contributed by atoms with Crippen molar-refractivity contribution >= 4 is 5.69 Å². The number of benzene rings is 1. The molecule has 76 valence electrons. The van der Waals surface area contributed by atoms with Crippen molar-refractivity contribution in [3.8, 4) is 5.69 Å². The van der Waals surface area contributed by atoms with Crippen molar-refractivity contribution in [1.82, 2.24) is 9.55 Å². The number of anilines is 1. The summed E-state index contributed by atoms with van der Waals surface area (Å²) in [5, 5.41) is 0. The lowest BCUT2D eigenvalue weighted by molar-refractivity contribution is 0.966. The Labute approximate surface area is 87.0 Å². The molecule has 1 aromatic heterocycles. The van der Waals surface area contributed by atoms with Crippen LogP contribution in [0.1, 0.15) is 5.56 Å². The van der Waals surface area contributed by atoms with Gasteiger partial charge in [-0.15, -0.1) is 0 Å². The topological polar surface area (TPSA) is 60.9 Å². The molecule has 0 saturated heterocycles. The zero-order valence-electron chi connectivity index (χ0n) is 8.34. The van der Waals surface area contributed by atoms with Gasteiger partial charge in [-0.3, -0.25) is 4.79 Å². The number of hydrogen-bond acceptors (Lipinski definition) is 3. The Kier molecular flexibility index (Phi) is 2.25. The van der Waals surface area contributed by atoms with Gasteiger partial charge in [0.05, 0.1) is 0 Å². The molecule has 1 aromatic carbocycles. The van der Waals surface area contributed by atoms with Gasteiger partial charge in [0, 0.05) is 11.9 Å². The van der Waals surface area contributed by atoms with E-state index in [0.29, 0.717) is 0 Å². The normalized spacial score (nSPS) is 10.2. The van der Waals surface area contributed by atoms with Gasteiger partial charge < -0.3 is 10.3 Å². The minimum atomic E-state index is -0.390. The van der Waals surface area contributed by atoms with E-state index in [0.717, 1.165) is 11.3 Å². The second-order valence-electron chi connectivity index (χ2n) is 3.38. The zero-order chi connectivity index (χ0) is 10.8. The average molecular weight is 201 g/mol. The first-order valence-electron chi connectivity index (χ1n) is 4.57. The van der Waals surface area contributed by atoms with Gasteiger partial charge in [0.15, 0.2) is 0 Å². The van der Waals surface area contributed by atoms with Crippen LogP contribution in [0.2, 0.25) is 0 Å². The molecule has 15 heavy (non-hydrogen) atoms. The second kappa shape index (κ2) is 3.57. The van der Waals surface area contributed by atoms with Crippen LogP contribution in [0.3, 0.4) is 0 Å². The molecule has 4 heteroatoms. The second-order valence-corrected chi connectivity index (χ2v) is 3.38. The first-order valence-corrected chi connectivity index (χ1v) is 4.57. The lowest BCUT2D eigenvalue weighted by Gasteiger charge is -2.06. The molecule has 0 aliphatic carbocycles. The summed E-state index contributed by atoms with van der Waals surface area (Å²) in [7, 11) is 0. The van der Waals surface area contributed by atoms with Gasteiger partial charge in [-0.2, -0.15) is 4.98 Å². The number of nitrogen functional groups attached to an aromatic ring is 1. The SMILES string of the molecule is Cc1cccc(-n2cnc(=O)c(N)c2)c1. The lowest BCUT2D eigenvalue weighted by Crippen LogP contribution is -2.14. The number of rotatable bonds is 1. The lowest BCUT2D eigenvalue weighted by atomic mass is 10.2. The number of nitrogens with two attached hydrogens (primary N) is 1. The molecule has 0 spiro atoms. The molecule has 0 bridgehead atoms. The van der Waals surface area contributed by atoms with Crippen molar-refractivity contribution < 1.29 is 0 Å². The summed E-state index contributed by atoms with van der Waals surface area (Å²) >= 11 is 0. The Morgan fingerprint density at radius 2 is 2.20 bits per heavy atom. The Bertz CT molecular complexity index is 546. The van der Waals surface area contributed by atoms with Crippen LogP contribution in [0.5, 0.6) is 0 Å². The highest BCUT2D eigenvalue weighted by molar-refractivity contribution is 5.39. The summed E-state index contributed by atoms with van der Waals surface area (Å²) in [6, 6.07) is 7.87. The van der Waals surface area contributed by atoms with Gasteiger partial charge in [-0.05, 0) is 24.6 Å². The Morgan fingerprint density at radius 3 is 2.87 bits per heavy atom. The number of aryl methyl sites for hydroxylation is 1. The van der Waals surface area contributed by atoms with E-state index >= 15 is 0 Å². The van der Waals surface area contributed by atoms with E-state index in [4.69, 9.17) is 5.73 Å². The van der Waals surface area contributed by atoms with Crippen molar-refractivity contribution in [2.24, 2.45) is 0 Å². The van der Waals surface area contributed by atoms with Gasteiger partial charge in [-0.1, -0.05) is 12.1 Å². The van der Waals surface area contributed by atoms with Crippen LogP contribution in [-0.4, -0.2) is 9.55 Å². The first-order chi connectivity index (χ1) is 7.16. The number of aromatic nitrogens is 2. The fraction of sp³-hybridized carbons (Fsp3) is 0.0909. The van der Waals surface area contributed by atoms with Crippen molar-refractivity contribution in [3.05, 3.63) is 52.7 Å². The van der Waals surface area contributed by atoms with Crippen LogP contribution < -0.4 is 11.3 Å². The van der Waals surface area contributed by atoms with E-state index < -0.39 is 0 Å². The van der Waals surface area contributed by atoms with Crippen LogP contribution in [0.15, 0.2) is 41.6 Å². The predicted molar refractivity (Wildman–Crippen MR) is 59.0 cm³/mol. The molecule has 0 saturated carbocycles. The minimum Gasteiger partial charge on any atom is -0.393 e. The van der Waals surface area contributed by atoms with E-state index in [1.807, 2.05) is 31.2 Å². The van der Waals surface area contributed by atoms with Gasteiger partial charge in [0.1, 0.15) is 12.0 Å². The van der Waals surface area contributed by atoms with Crippen LogP contribution in [0, 0.1) is 6.92 Å². The highest BCUT2D eigenvalue weighted by Gasteiger charge is 1.98. The van der Waals surface area contributed by atoms with Gasteiger partial charge >= 0.3 is 0 Å². The van der Waals surface area contributed by atoms with E-state index in [1.165, 1.54) is 6.33 Å². The third-order valence-corrected chi connectivity index (χ3v) is 2.12. The summed E-state index contributed by atoms with van der Waals surface area (Å²) in [4.78, 5) is 14.7. The Morgan fingerprint density at radius 1 is 1.40 bits per heavy atom. The molecular weight excluding hydrogens is 190 g/mol. The number of hydrogen-bond donors (Lipinski definition) is 1.